The molecule has 17 heavy (non-hydrogen) atoms. The molecule has 0 aliphatic carbocycles. The van der Waals surface area contributed by atoms with Gasteiger partial charge in [0.1, 0.15) is 0 Å². The third-order valence-electron chi connectivity index (χ3n) is 3.24. The number of piperazine rings is 1. The van der Waals surface area contributed by atoms with E-state index in [1.165, 1.54) is 5.00 Å². The molecule has 96 valence electrons. The first-order valence-corrected chi connectivity index (χ1v) is 7.69. The number of thiophene rings is 1. The van der Waals surface area contributed by atoms with Gasteiger partial charge in [-0.25, -0.2) is 0 Å². The summed E-state index contributed by atoms with van der Waals surface area (Å²) in [7, 11) is 0. The zero-order valence-electron chi connectivity index (χ0n) is 10.4. The Morgan fingerprint density at radius 1 is 1.47 bits per heavy atom. The Balaban J connectivity index is 1.87. The Kier molecular flexibility index (Phi) is 4.47. The lowest BCUT2D eigenvalue weighted by molar-refractivity contribution is 0.114. The monoisotopic (exact) mass is 317 g/mol. The number of anilines is 1. The average Bonchev–Trinajstić information content (AvgIpc) is 2.74. The van der Waals surface area contributed by atoms with Gasteiger partial charge < -0.3 is 10.6 Å². The summed E-state index contributed by atoms with van der Waals surface area (Å²) in [6.07, 6.45) is 0. The fourth-order valence-corrected chi connectivity index (χ4v) is 3.41. The molecule has 2 rings (SSSR count). The molecule has 0 bridgehead atoms. The zero-order chi connectivity index (χ0) is 12.3. The summed E-state index contributed by atoms with van der Waals surface area (Å²) >= 11 is 5.23. The number of halogens is 1. The van der Waals surface area contributed by atoms with E-state index in [0.717, 1.165) is 37.2 Å². The molecule has 0 atom stereocenters. The molecule has 0 amide bonds. The topological polar surface area (TPSA) is 27.3 Å². The van der Waals surface area contributed by atoms with Crippen LogP contribution in [0.1, 0.15) is 13.8 Å². The number of hydrogen-bond donors (Lipinski definition) is 2. The highest BCUT2D eigenvalue weighted by atomic mass is 79.9. The maximum Gasteiger partial charge on any atom is 0.0894 e. The summed E-state index contributed by atoms with van der Waals surface area (Å²) in [4.78, 5) is 2.55. The molecule has 0 aromatic carbocycles. The lowest BCUT2D eigenvalue weighted by Gasteiger charge is -2.41. The van der Waals surface area contributed by atoms with Gasteiger partial charge in [0.05, 0.1) is 5.00 Å². The van der Waals surface area contributed by atoms with Gasteiger partial charge in [0.25, 0.3) is 0 Å². The molecule has 0 unspecified atom stereocenters. The van der Waals surface area contributed by atoms with E-state index in [1.807, 2.05) is 0 Å². The third kappa shape index (κ3) is 3.68. The van der Waals surface area contributed by atoms with Crippen molar-refractivity contribution in [1.29, 1.82) is 0 Å². The molecular formula is C12H20BrN3S. The van der Waals surface area contributed by atoms with Crippen molar-refractivity contribution < 1.29 is 0 Å². The van der Waals surface area contributed by atoms with Crippen LogP contribution in [-0.2, 0) is 0 Å². The standard InChI is InChI=1S/C12H20BrN3S/c1-12(2,16-5-3-14-4-6-16)9-15-11-7-10(13)8-17-11/h7-8,14-15H,3-6,9H2,1-2H3. The van der Waals surface area contributed by atoms with Crippen molar-refractivity contribution in [2.45, 2.75) is 19.4 Å². The van der Waals surface area contributed by atoms with Gasteiger partial charge >= 0.3 is 0 Å². The molecule has 2 heterocycles. The molecular weight excluding hydrogens is 298 g/mol. The Bertz CT molecular complexity index is 358. The van der Waals surface area contributed by atoms with Crippen molar-refractivity contribution in [3.63, 3.8) is 0 Å². The van der Waals surface area contributed by atoms with Crippen LogP contribution < -0.4 is 10.6 Å². The van der Waals surface area contributed by atoms with Gasteiger partial charge in [-0.15, -0.1) is 11.3 Å². The predicted octanol–water partition coefficient (Wildman–Crippen LogP) is 2.61. The number of hydrogen-bond acceptors (Lipinski definition) is 4. The minimum Gasteiger partial charge on any atom is -0.375 e. The first kappa shape index (κ1) is 13.3. The SMILES string of the molecule is CC(C)(CNc1cc(Br)cs1)N1CCNCC1. The van der Waals surface area contributed by atoms with E-state index in [9.17, 15) is 0 Å². The highest BCUT2D eigenvalue weighted by Crippen LogP contribution is 2.25. The van der Waals surface area contributed by atoms with Crippen molar-refractivity contribution in [3.8, 4) is 0 Å². The van der Waals surface area contributed by atoms with Gasteiger partial charge in [-0.1, -0.05) is 0 Å². The molecule has 2 N–H and O–H groups in total. The molecule has 1 aliphatic rings. The average molecular weight is 318 g/mol. The van der Waals surface area contributed by atoms with Gasteiger partial charge in [-0.05, 0) is 35.8 Å². The van der Waals surface area contributed by atoms with E-state index in [-0.39, 0.29) is 5.54 Å². The molecule has 5 heteroatoms. The highest BCUT2D eigenvalue weighted by molar-refractivity contribution is 9.10. The molecule has 1 aliphatic heterocycles. The normalized spacial score (nSPS) is 18.3. The van der Waals surface area contributed by atoms with Crippen LogP contribution in [0.25, 0.3) is 0 Å². The molecule has 0 saturated carbocycles. The minimum absolute atomic E-state index is 0.207. The Labute approximate surface area is 116 Å². The van der Waals surface area contributed by atoms with Crippen LogP contribution in [0.3, 0.4) is 0 Å². The van der Waals surface area contributed by atoms with Crippen LogP contribution in [0.2, 0.25) is 0 Å². The highest BCUT2D eigenvalue weighted by Gasteiger charge is 2.27. The molecule has 1 aromatic heterocycles. The molecule has 1 aromatic rings. The third-order valence-corrected chi connectivity index (χ3v) is 4.88. The molecule has 0 radical (unpaired) electrons. The fraction of sp³-hybridized carbons (Fsp3) is 0.667. The van der Waals surface area contributed by atoms with E-state index in [0.29, 0.717) is 0 Å². The van der Waals surface area contributed by atoms with E-state index < -0.39 is 0 Å². The van der Waals surface area contributed by atoms with E-state index >= 15 is 0 Å². The summed E-state index contributed by atoms with van der Waals surface area (Å²) < 4.78 is 1.16. The van der Waals surface area contributed by atoms with Crippen molar-refractivity contribution in [3.05, 3.63) is 15.9 Å². The Hall–Kier alpha value is -0.100. The largest absolute Gasteiger partial charge is 0.375 e. The number of nitrogens with zero attached hydrogens (tertiary/aromatic N) is 1. The fourth-order valence-electron chi connectivity index (χ4n) is 2.09. The van der Waals surface area contributed by atoms with Crippen LogP contribution >= 0.6 is 27.3 Å². The molecule has 3 nitrogen and oxygen atoms in total. The lowest BCUT2D eigenvalue weighted by atomic mass is 10.0. The summed E-state index contributed by atoms with van der Waals surface area (Å²) in [5.41, 5.74) is 0.207. The van der Waals surface area contributed by atoms with Gasteiger partial charge in [0, 0.05) is 48.1 Å². The zero-order valence-corrected chi connectivity index (χ0v) is 12.8. The predicted molar refractivity (Wildman–Crippen MR) is 79.0 cm³/mol. The maximum absolute atomic E-state index is 3.53. The van der Waals surface area contributed by atoms with Gasteiger partial charge in [0.15, 0.2) is 0 Å². The summed E-state index contributed by atoms with van der Waals surface area (Å²) in [6.45, 7) is 10.1. The van der Waals surface area contributed by atoms with Crippen LogP contribution in [-0.4, -0.2) is 43.2 Å². The lowest BCUT2D eigenvalue weighted by Crippen LogP contribution is -2.56. The Morgan fingerprint density at radius 3 is 2.76 bits per heavy atom. The number of rotatable bonds is 4. The second-order valence-electron chi connectivity index (χ2n) is 5.03. The second kappa shape index (κ2) is 5.69. The first-order chi connectivity index (χ1) is 8.08. The molecule has 1 saturated heterocycles. The molecule has 1 fully saturated rings. The van der Waals surface area contributed by atoms with Crippen LogP contribution in [0.5, 0.6) is 0 Å². The van der Waals surface area contributed by atoms with Gasteiger partial charge in [-0.3, -0.25) is 4.90 Å². The van der Waals surface area contributed by atoms with Crippen molar-refractivity contribution in [1.82, 2.24) is 10.2 Å². The number of nitrogens with one attached hydrogen (secondary N) is 2. The summed E-state index contributed by atoms with van der Waals surface area (Å²) in [5, 5.41) is 10.3. The second-order valence-corrected chi connectivity index (χ2v) is 6.86. The van der Waals surface area contributed by atoms with Crippen LogP contribution in [0.4, 0.5) is 5.00 Å². The summed E-state index contributed by atoms with van der Waals surface area (Å²) in [6, 6.07) is 2.14. The molecule has 0 spiro atoms. The van der Waals surface area contributed by atoms with Crippen LogP contribution in [0.15, 0.2) is 15.9 Å². The van der Waals surface area contributed by atoms with Crippen LogP contribution in [0, 0.1) is 0 Å². The van der Waals surface area contributed by atoms with Crippen molar-refractivity contribution in [2.24, 2.45) is 0 Å². The van der Waals surface area contributed by atoms with Crippen molar-refractivity contribution >= 4 is 32.3 Å². The quantitative estimate of drug-likeness (QED) is 0.894. The van der Waals surface area contributed by atoms with E-state index in [4.69, 9.17) is 0 Å². The van der Waals surface area contributed by atoms with Gasteiger partial charge in [-0.2, -0.15) is 0 Å². The summed E-state index contributed by atoms with van der Waals surface area (Å²) in [5.74, 6) is 0. The first-order valence-electron chi connectivity index (χ1n) is 6.02. The van der Waals surface area contributed by atoms with Gasteiger partial charge in [0.2, 0.25) is 0 Å². The van der Waals surface area contributed by atoms with E-state index in [2.05, 4.69) is 56.8 Å². The van der Waals surface area contributed by atoms with E-state index in [1.54, 1.807) is 11.3 Å². The minimum atomic E-state index is 0.207. The smallest absolute Gasteiger partial charge is 0.0894 e. The van der Waals surface area contributed by atoms with Crippen molar-refractivity contribution in [2.75, 3.05) is 38.0 Å². The maximum atomic E-state index is 3.53. The Morgan fingerprint density at radius 2 is 2.18 bits per heavy atom.